The second-order valence-corrected chi connectivity index (χ2v) is 2.86. The van der Waals surface area contributed by atoms with Gasteiger partial charge in [-0.25, -0.2) is 10.1 Å². The molecular formula is C6H12N8O2. The van der Waals surface area contributed by atoms with Gasteiger partial charge in [0.2, 0.25) is 0 Å². The fourth-order valence-corrected chi connectivity index (χ4v) is 1.00. The molecule has 0 fully saturated rings. The average molecular weight is 228 g/mol. The molecule has 0 aromatic rings. The second kappa shape index (κ2) is 9.38. The van der Waals surface area contributed by atoms with E-state index in [4.69, 9.17) is 11.1 Å². The van der Waals surface area contributed by atoms with Gasteiger partial charge in [-0.3, -0.25) is 0 Å². The van der Waals surface area contributed by atoms with E-state index in [-0.39, 0.29) is 13.2 Å². The SMILES string of the molecule is [N-]=[N+]=NCCCCCN(CN=[N+]=[N-])[N+](=O)[O-]. The highest BCUT2D eigenvalue weighted by Crippen LogP contribution is 2.00. The Morgan fingerprint density at radius 3 is 2.44 bits per heavy atom. The van der Waals surface area contributed by atoms with E-state index in [0.717, 1.165) is 11.4 Å². The molecule has 0 N–H and O–H groups in total. The van der Waals surface area contributed by atoms with E-state index in [1.165, 1.54) is 0 Å². The lowest BCUT2D eigenvalue weighted by Crippen LogP contribution is -2.30. The summed E-state index contributed by atoms with van der Waals surface area (Å²) in [6.45, 7) is 0.327. The van der Waals surface area contributed by atoms with Crippen LogP contribution in [0.4, 0.5) is 0 Å². The Kier molecular flexibility index (Phi) is 8.10. The maximum absolute atomic E-state index is 10.5. The lowest BCUT2D eigenvalue weighted by Gasteiger charge is -2.10. The number of hydrogen-bond donors (Lipinski definition) is 0. The van der Waals surface area contributed by atoms with Crippen LogP contribution >= 0.6 is 0 Å². The summed E-state index contributed by atoms with van der Waals surface area (Å²) in [5.41, 5.74) is 16.0. The normalized spacial score (nSPS) is 8.75. The standard InChI is InChI=1S/C6H12N8O2/c7-11-9-4-2-1-3-5-13(14(15)16)6-10-12-8/h1-6H2. The average Bonchev–Trinajstić information content (AvgIpc) is 2.26. The van der Waals surface area contributed by atoms with Gasteiger partial charge in [-0.05, 0) is 23.9 Å². The number of rotatable bonds is 9. The highest BCUT2D eigenvalue weighted by atomic mass is 16.7. The van der Waals surface area contributed by atoms with Gasteiger partial charge in [-0.1, -0.05) is 16.6 Å². The van der Waals surface area contributed by atoms with E-state index in [2.05, 4.69) is 20.1 Å². The van der Waals surface area contributed by atoms with Gasteiger partial charge < -0.3 is 0 Å². The van der Waals surface area contributed by atoms with Crippen molar-refractivity contribution in [1.29, 1.82) is 0 Å². The van der Waals surface area contributed by atoms with Crippen LogP contribution in [0, 0.1) is 10.1 Å². The summed E-state index contributed by atoms with van der Waals surface area (Å²) in [6, 6.07) is 0. The predicted octanol–water partition coefficient (Wildman–Crippen LogP) is 2.23. The minimum atomic E-state index is -0.595. The predicted molar refractivity (Wildman–Crippen MR) is 55.6 cm³/mol. The van der Waals surface area contributed by atoms with Gasteiger partial charge >= 0.3 is 0 Å². The Balaban J connectivity index is 3.71. The molecule has 0 radical (unpaired) electrons. The molecule has 0 aliphatic rings. The summed E-state index contributed by atoms with van der Waals surface area (Å²) in [4.78, 5) is 15.5. The number of azide groups is 2. The molecule has 0 atom stereocenters. The molecule has 0 spiro atoms. The largest absolute Gasteiger partial charge is 0.235 e. The molecule has 0 aliphatic heterocycles. The van der Waals surface area contributed by atoms with Crippen LogP contribution < -0.4 is 0 Å². The fraction of sp³-hybridized carbons (Fsp3) is 1.00. The summed E-state index contributed by atoms with van der Waals surface area (Å²) < 4.78 is 0. The van der Waals surface area contributed by atoms with Crippen LogP contribution in [-0.2, 0) is 0 Å². The summed E-state index contributed by atoms with van der Waals surface area (Å²) >= 11 is 0. The summed E-state index contributed by atoms with van der Waals surface area (Å²) in [6.07, 6.45) is 2.00. The van der Waals surface area contributed by atoms with Crippen molar-refractivity contribution in [2.75, 3.05) is 19.8 Å². The molecule has 10 heteroatoms. The van der Waals surface area contributed by atoms with E-state index in [1.54, 1.807) is 0 Å². The van der Waals surface area contributed by atoms with Gasteiger partial charge in [-0.15, -0.1) is 5.01 Å². The van der Waals surface area contributed by atoms with Crippen LogP contribution in [0.2, 0.25) is 0 Å². The molecule has 0 saturated heterocycles. The zero-order chi connectivity index (χ0) is 12.2. The van der Waals surface area contributed by atoms with Gasteiger partial charge in [0.25, 0.3) is 0 Å². The van der Waals surface area contributed by atoms with Gasteiger partial charge in [0.1, 0.15) is 0 Å². The highest BCUT2D eigenvalue weighted by molar-refractivity contribution is 4.51. The zero-order valence-electron chi connectivity index (χ0n) is 8.64. The number of hydrazine groups is 1. The summed E-state index contributed by atoms with van der Waals surface area (Å²) in [5, 5.41) is 17.2. The lowest BCUT2D eigenvalue weighted by molar-refractivity contribution is -0.655. The quantitative estimate of drug-likeness (QED) is 0.149. The molecule has 0 amide bonds. The molecule has 0 saturated carbocycles. The number of hydrogen-bond acceptors (Lipinski definition) is 4. The Bertz CT molecular complexity index is 306. The minimum absolute atomic E-state index is 0.211. The Morgan fingerprint density at radius 1 is 1.19 bits per heavy atom. The van der Waals surface area contributed by atoms with Crippen LogP contribution in [0.3, 0.4) is 0 Å². The Hall–Kier alpha value is -2.18. The van der Waals surface area contributed by atoms with Crippen molar-refractivity contribution < 1.29 is 5.03 Å². The van der Waals surface area contributed by atoms with Crippen LogP contribution in [0.25, 0.3) is 20.9 Å². The van der Waals surface area contributed by atoms with Crippen molar-refractivity contribution in [3.05, 3.63) is 31.0 Å². The van der Waals surface area contributed by atoms with Crippen LogP contribution in [-0.4, -0.2) is 29.8 Å². The monoisotopic (exact) mass is 228 g/mol. The van der Waals surface area contributed by atoms with E-state index in [0.29, 0.717) is 19.4 Å². The number of nitro groups is 1. The fourth-order valence-electron chi connectivity index (χ4n) is 1.00. The molecule has 0 aliphatic carbocycles. The van der Waals surface area contributed by atoms with Crippen molar-refractivity contribution in [2.45, 2.75) is 19.3 Å². The summed E-state index contributed by atoms with van der Waals surface area (Å²) in [5.74, 6) is 0. The smallest absolute Gasteiger partial charge is 0.160 e. The first-order valence-corrected chi connectivity index (χ1v) is 4.63. The van der Waals surface area contributed by atoms with E-state index in [9.17, 15) is 10.1 Å². The van der Waals surface area contributed by atoms with Gasteiger partial charge in [0.05, 0.1) is 6.54 Å². The van der Waals surface area contributed by atoms with Gasteiger partial charge in [-0.2, -0.15) is 0 Å². The first-order valence-electron chi connectivity index (χ1n) is 4.63. The molecule has 0 aromatic carbocycles. The summed E-state index contributed by atoms with van der Waals surface area (Å²) in [7, 11) is 0. The van der Waals surface area contributed by atoms with E-state index in [1.807, 2.05) is 0 Å². The van der Waals surface area contributed by atoms with E-state index < -0.39 is 5.03 Å². The first-order chi connectivity index (χ1) is 7.72. The third-order valence-corrected chi connectivity index (χ3v) is 1.76. The van der Waals surface area contributed by atoms with E-state index >= 15 is 0 Å². The van der Waals surface area contributed by atoms with Crippen LogP contribution in [0.1, 0.15) is 19.3 Å². The Labute approximate surface area is 91.2 Å². The Morgan fingerprint density at radius 2 is 1.88 bits per heavy atom. The van der Waals surface area contributed by atoms with Crippen LogP contribution in [0.15, 0.2) is 10.2 Å². The molecule has 0 rings (SSSR count). The minimum Gasteiger partial charge on any atom is -0.235 e. The molecule has 0 unspecified atom stereocenters. The molecule has 0 bridgehead atoms. The molecule has 0 aromatic heterocycles. The molecule has 10 nitrogen and oxygen atoms in total. The maximum atomic E-state index is 10.5. The van der Waals surface area contributed by atoms with Crippen LogP contribution in [0.5, 0.6) is 0 Å². The van der Waals surface area contributed by atoms with Crippen molar-refractivity contribution in [1.82, 2.24) is 5.01 Å². The van der Waals surface area contributed by atoms with Crippen molar-refractivity contribution in [3.8, 4) is 0 Å². The lowest BCUT2D eigenvalue weighted by atomic mass is 10.2. The molecule has 0 heterocycles. The zero-order valence-corrected chi connectivity index (χ0v) is 8.64. The molecule has 88 valence electrons. The second-order valence-electron chi connectivity index (χ2n) is 2.86. The van der Waals surface area contributed by atoms with Crippen molar-refractivity contribution >= 4 is 0 Å². The van der Waals surface area contributed by atoms with Crippen molar-refractivity contribution in [2.24, 2.45) is 10.2 Å². The third kappa shape index (κ3) is 7.25. The van der Waals surface area contributed by atoms with Gasteiger partial charge in [0, 0.05) is 16.4 Å². The topological polar surface area (TPSA) is 144 Å². The highest BCUT2D eigenvalue weighted by Gasteiger charge is 2.11. The number of unbranched alkanes of at least 4 members (excludes halogenated alkanes) is 2. The number of nitrogens with zero attached hydrogens (tertiary/aromatic N) is 8. The van der Waals surface area contributed by atoms with Gasteiger partial charge in [0.15, 0.2) is 11.7 Å². The first kappa shape index (κ1) is 13.8. The third-order valence-electron chi connectivity index (χ3n) is 1.76. The molecule has 16 heavy (non-hydrogen) atoms. The maximum Gasteiger partial charge on any atom is 0.160 e. The molecular weight excluding hydrogens is 216 g/mol. The van der Waals surface area contributed by atoms with Crippen molar-refractivity contribution in [3.63, 3.8) is 0 Å².